The summed E-state index contributed by atoms with van der Waals surface area (Å²) in [5.74, 6) is 0. The average molecular weight is 171 g/mol. The van der Waals surface area contributed by atoms with E-state index in [0.717, 1.165) is 32.8 Å². The highest BCUT2D eigenvalue weighted by Crippen LogP contribution is 2.01. The van der Waals surface area contributed by atoms with Crippen molar-refractivity contribution < 1.29 is 9.53 Å². The maximum absolute atomic E-state index is 10.2. The van der Waals surface area contributed by atoms with E-state index in [-0.39, 0.29) is 0 Å². The smallest absolute Gasteiger partial charge is 0.215 e. The Kier molecular flexibility index (Phi) is 4.21. The first-order chi connectivity index (χ1) is 5.88. The van der Waals surface area contributed by atoms with Crippen LogP contribution in [0.15, 0.2) is 0 Å². The molecule has 1 radical (unpaired) electrons. The third-order valence-electron chi connectivity index (χ3n) is 2.00. The molecule has 0 atom stereocenters. The molecule has 0 aromatic heterocycles. The summed E-state index contributed by atoms with van der Waals surface area (Å²) in [7, 11) is 0. The minimum atomic E-state index is 0.372. The van der Waals surface area contributed by atoms with Crippen molar-refractivity contribution in [3.63, 3.8) is 0 Å². The molecule has 1 heterocycles. The Bertz CT molecular complexity index is 135. The molecule has 4 heteroatoms. The Morgan fingerprint density at radius 2 is 2.17 bits per heavy atom. The SMILES string of the molecule is CCN(C[C]=O)N1CCOCC1. The van der Waals surface area contributed by atoms with Gasteiger partial charge in [-0.15, -0.1) is 0 Å². The second kappa shape index (κ2) is 5.24. The lowest BCUT2D eigenvalue weighted by Gasteiger charge is -2.35. The highest BCUT2D eigenvalue weighted by atomic mass is 16.5. The van der Waals surface area contributed by atoms with Gasteiger partial charge in [-0.25, -0.2) is 10.0 Å². The van der Waals surface area contributed by atoms with Crippen LogP contribution in [0.1, 0.15) is 6.92 Å². The summed E-state index contributed by atoms with van der Waals surface area (Å²) >= 11 is 0. The van der Waals surface area contributed by atoms with E-state index in [4.69, 9.17) is 4.74 Å². The molecule has 12 heavy (non-hydrogen) atoms. The molecule has 0 amide bonds. The number of morpholine rings is 1. The summed E-state index contributed by atoms with van der Waals surface area (Å²) in [5.41, 5.74) is 0. The topological polar surface area (TPSA) is 32.8 Å². The van der Waals surface area contributed by atoms with Crippen LogP contribution in [0.2, 0.25) is 0 Å². The van der Waals surface area contributed by atoms with E-state index in [1.54, 1.807) is 0 Å². The second-order valence-corrected chi connectivity index (χ2v) is 2.69. The van der Waals surface area contributed by atoms with E-state index in [0.29, 0.717) is 6.54 Å². The lowest BCUT2D eigenvalue weighted by molar-refractivity contribution is -0.0792. The normalized spacial score (nSPS) is 19.8. The Labute approximate surface area is 73.1 Å². The van der Waals surface area contributed by atoms with Crippen molar-refractivity contribution in [2.45, 2.75) is 6.92 Å². The van der Waals surface area contributed by atoms with Crippen LogP contribution in [-0.2, 0) is 9.53 Å². The molecule has 1 fully saturated rings. The molecule has 1 saturated heterocycles. The van der Waals surface area contributed by atoms with Crippen LogP contribution in [0.25, 0.3) is 0 Å². The zero-order valence-corrected chi connectivity index (χ0v) is 7.45. The number of hydrazine groups is 1. The molecule has 0 bridgehead atoms. The predicted octanol–water partition coefficient (Wildman–Crippen LogP) is -0.335. The van der Waals surface area contributed by atoms with Crippen LogP contribution in [0.3, 0.4) is 0 Å². The lowest BCUT2D eigenvalue weighted by Crippen LogP contribution is -2.49. The van der Waals surface area contributed by atoms with Gasteiger partial charge < -0.3 is 4.74 Å². The third-order valence-corrected chi connectivity index (χ3v) is 2.00. The molecule has 1 rings (SSSR count). The maximum Gasteiger partial charge on any atom is 0.215 e. The molecule has 69 valence electrons. The Hall–Kier alpha value is -0.450. The summed E-state index contributed by atoms with van der Waals surface area (Å²) in [6, 6.07) is 0. The van der Waals surface area contributed by atoms with Gasteiger partial charge in [-0.1, -0.05) is 6.92 Å². The number of hydrogen-bond donors (Lipinski definition) is 0. The minimum Gasteiger partial charge on any atom is -0.379 e. The fraction of sp³-hybridized carbons (Fsp3) is 0.875. The van der Waals surface area contributed by atoms with Gasteiger partial charge in [-0.05, 0) is 0 Å². The van der Waals surface area contributed by atoms with Gasteiger partial charge in [0, 0.05) is 19.6 Å². The minimum absolute atomic E-state index is 0.372. The number of ether oxygens (including phenoxy) is 1. The highest BCUT2D eigenvalue weighted by Gasteiger charge is 2.16. The van der Waals surface area contributed by atoms with E-state index < -0.39 is 0 Å². The van der Waals surface area contributed by atoms with Crippen molar-refractivity contribution in [2.75, 3.05) is 39.4 Å². The van der Waals surface area contributed by atoms with Crippen LogP contribution in [0, 0.1) is 0 Å². The standard InChI is InChI=1S/C8H15N2O2/c1-2-9(3-6-11)10-4-7-12-8-5-10/h2-5,7-8H2,1H3. The largest absolute Gasteiger partial charge is 0.379 e. The fourth-order valence-corrected chi connectivity index (χ4v) is 1.32. The van der Waals surface area contributed by atoms with Crippen LogP contribution >= 0.6 is 0 Å². The zero-order chi connectivity index (χ0) is 8.81. The zero-order valence-electron chi connectivity index (χ0n) is 7.45. The van der Waals surface area contributed by atoms with Gasteiger partial charge in [-0.3, -0.25) is 4.79 Å². The molecular formula is C8H15N2O2. The van der Waals surface area contributed by atoms with Crippen molar-refractivity contribution >= 4 is 6.29 Å². The quantitative estimate of drug-likeness (QED) is 0.579. The molecule has 4 nitrogen and oxygen atoms in total. The summed E-state index contributed by atoms with van der Waals surface area (Å²) in [5, 5.41) is 4.14. The van der Waals surface area contributed by atoms with Gasteiger partial charge in [0.15, 0.2) is 0 Å². The van der Waals surface area contributed by atoms with Gasteiger partial charge in [0.25, 0.3) is 0 Å². The van der Waals surface area contributed by atoms with E-state index in [1.165, 1.54) is 0 Å². The maximum atomic E-state index is 10.2. The average Bonchev–Trinajstić information content (AvgIpc) is 2.15. The van der Waals surface area contributed by atoms with Gasteiger partial charge in [0.1, 0.15) is 0 Å². The van der Waals surface area contributed by atoms with E-state index in [9.17, 15) is 4.79 Å². The first kappa shape index (κ1) is 9.64. The first-order valence-corrected chi connectivity index (χ1v) is 4.31. The van der Waals surface area contributed by atoms with Crippen LogP contribution in [-0.4, -0.2) is 55.7 Å². The molecule has 0 N–H and O–H groups in total. The summed E-state index contributed by atoms with van der Waals surface area (Å²) < 4.78 is 5.21. The number of rotatable bonds is 4. The molecular weight excluding hydrogens is 156 g/mol. The second-order valence-electron chi connectivity index (χ2n) is 2.69. The van der Waals surface area contributed by atoms with Crippen molar-refractivity contribution in [3.8, 4) is 0 Å². The Morgan fingerprint density at radius 1 is 1.50 bits per heavy atom. The fourth-order valence-electron chi connectivity index (χ4n) is 1.32. The van der Waals surface area contributed by atoms with Crippen LogP contribution < -0.4 is 0 Å². The molecule has 0 aromatic rings. The van der Waals surface area contributed by atoms with Crippen molar-refractivity contribution in [2.24, 2.45) is 0 Å². The van der Waals surface area contributed by atoms with E-state index in [1.807, 2.05) is 18.2 Å². The number of nitrogens with zero attached hydrogens (tertiary/aromatic N) is 2. The van der Waals surface area contributed by atoms with Crippen molar-refractivity contribution in [1.29, 1.82) is 0 Å². The van der Waals surface area contributed by atoms with Crippen LogP contribution in [0.4, 0.5) is 0 Å². The van der Waals surface area contributed by atoms with Crippen molar-refractivity contribution in [3.05, 3.63) is 0 Å². The number of hydrogen-bond acceptors (Lipinski definition) is 4. The third kappa shape index (κ3) is 2.55. The monoisotopic (exact) mass is 171 g/mol. The molecule has 0 unspecified atom stereocenters. The molecule has 0 spiro atoms. The first-order valence-electron chi connectivity index (χ1n) is 4.31. The lowest BCUT2D eigenvalue weighted by atomic mass is 10.5. The molecule has 1 aliphatic heterocycles. The Balaban J connectivity index is 2.34. The molecule has 0 aromatic carbocycles. The summed E-state index contributed by atoms with van der Waals surface area (Å²) in [4.78, 5) is 10.2. The van der Waals surface area contributed by atoms with Crippen molar-refractivity contribution in [1.82, 2.24) is 10.0 Å². The summed E-state index contributed by atoms with van der Waals surface area (Å²) in [6.45, 7) is 6.55. The Morgan fingerprint density at radius 3 is 2.67 bits per heavy atom. The predicted molar refractivity (Wildman–Crippen MR) is 45.3 cm³/mol. The number of carbonyl (C=O) groups excluding carboxylic acids is 1. The highest BCUT2D eigenvalue weighted by molar-refractivity contribution is 5.52. The van der Waals surface area contributed by atoms with E-state index in [2.05, 4.69) is 5.01 Å². The molecule has 0 aliphatic carbocycles. The number of likely N-dealkylation sites (N-methyl/N-ethyl adjacent to an activating group) is 1. The van der Waals surface area contributed by atoms with Gasteiger partial charge in [0.2, 0.25) is 6.29 Å². The molecule has 0 saturated carbocycles. The van der Waals surface area contributed by atoms with Gasteiger partial charge in [-0.2, -0.15) is 0 Å². The van der Waals surface area contributed by atoms with Gasteiger partial charge in [0.05, 0.1) is 19.8 Å². The van der Waals surface area contributed by atoms with Gasteiger partial charge >= 0.3 is 0 Å². The summed E-state index contributed by atoms with van der Waals surface area (Å²) in [6.07, 6.45) is 1.91. The van der Waals surface area contributed by atoms with E-state index >= 15 is 0 Å². The molecule has 1 aliphatic rings. The van der Waals surface area contributed by atoms with Crippen LogP contribution in [0.5, 0.6) is 0 Å².